The Bertz CT molecular complexity index is 272. The normalized spacial score (nSPS) is 15.4. The minimum atomic E-state index is 0.322. The molecular weight excluding hydrogens is 194 g/mol. The molecule has 0 amide bonds. The van der Waals surface area contributed by atoms with Crippen LogP contribution in [0.3, 0.4) is 0 Å². The van der Waals surface area contributed by atoms with E-state index in [1.165, 1.54) is 12.8 Å². The zero-order valence-electron chi connectivity index (χ0n) is 9.37. The summed E-state index contributed by atoms with van der Waals surface area (Å²) in [6.45, 7) is 8.56. The quantitative estimate of drug-likeness (QED) is 0.817. The van der Waals surface area contributed by atoms with Crippen LogP contribution in [-0.2, 0) is 0 Å². The molecule has 0 aliphatic carbocycles. The first kappa shape index (κ1) is 11.6. The Morgan fingerprint density at radius 2 is 2.07 bits per heavy atom. The summed E-state index contributed by atoms with van der Waals surface area (Å²) in [5.74, 6) is 0. The van der Waals surface area contributed by atoms with Crippen molar-refractivity contribution < 1.29 is 0 Å². The fraction of sp³-hybridized carbons (Fsp3) is 0.800. The number of aromatic nitrogens is 2. The van der Waals surface area contributed by atoms with Crippen molar-refractivity contribution in [3.8, 4) is 0 Å². The van der Waals surface area contributed by atoms with E-state index in [0.717, 1.165) is 10.0 Å². The van der Waals surface area contributed by atoms with Gasteiger partial charge in [0.2, 0.25) is 0 Å². The van der Waals surface area contributed by atoms with Gasteiger partial charge < -0.3 is 5.32 Å². The van der Waals surface area contributed by atoms with Crippen molar-refractivity contribution >= 4 is 11.3 Å². The van der Waals surface area contributed by atoms with Crippen LogP contribution in [0.5, 0.6) is 0 Å². The van der Waals surface area contributed by atoms with Crippen molar-refractivity contribution in [3.63, 3.8) is 0 Å². The second-order valence-corrected chi connectivity index (χ2v) is 4.95. The highest BCUT2D eigenvalue weighted by Crippen LogP contribution is 2.17. The summed E-state index contributed by atoms with van der Waals surface area (Å²) < 4.78 is 0. The summed E-state index contributed by atoms with van der Waals surface area (Å²) in [5, 5.41) is 13.8. The first-order chi connectivity index (χ1) is 6.63. The van der Waals surface area contributed by atoms with Gasteiger partial charge >= 0.3 is 0 Å². The highest BCUT2D eigenvalue weighted by molar-refractivity contribution is 7.11. The molecule has 0 aromatic carbocycles. The molecule has 0 bridgehead atoms. The van der Waals surface area contributed by atoms with Crippen LogP contribution in [0.25, 0.3) is 0 Å². The highest BCUT2D eigenvalue weighted by atomic mass is 32.1. The van der Waals surface area contributed by atoms with E-state index >= 15 is 0 Å². The van der Waals surface area contributed by atoms with Crippen molar-refractivity contribution in [2.75, 3.05) is 0 Å². The SMILES string of the molecule is CCCC(C)NC(C)c1nnc(C)s1. The predicted molar refractivity (Wildman–Crippen MR) is 60.6 cm³/mol. The summed E-state index contributed by atoms with van der Waals surface area (Å²) in [6.07, 6.45) is 2.43. The molecule has 1 rings (SSSR count). The molecule has 1 aromatic heterocycles. The van der Waals surface area contributed by atoms with Gasteiger partial charge in [-0.15, -0.1) is 21.5 Å². The lowest BCUT2D eigenvalue weighted by molar-refractivity contribution is 0.450. The van der Waals surface area contributed by atoms with Gasteiger partial charge in [-0.1, -0.05) is 13.3 Å². The monoisotopic (exact) mass is 213 g/mol. The summed E-state index contributed by atoms with van der Waals surface area (Å²) in [5.41, 5.74) is 0. The smallest absolute Gasteiger partial charge is 0.134 e. The largest absolute Gasteiger partial charge is 0.306 e. The standard InChI is InChI=1S/C10H19N3S/c1-5-6-7(2)11-8(3)10-13-12-9(4)14-10/h7-8,11H,5-6H2,1-4H3. The predicted octanol–water partition coefficient (Wildman–Crippen LogP) is 2.69. The Hall–Kier alpha value is -0.480. The van der Waals surface area contributed by atoms with Gasteiger partial charge in [0.15, 0.2) is 0 Å². The molecular formula is C10H19N3S. The Morgan fingerprint density at radius 3 is 2.57 bits per heavy atom. The molecule has 2 atom stereocenters. The van der Waals surface area contributed by atoms with Gasteiger partial charge in [0.05, 0.1) is 6.04 Å². The molecule has 80 valence electrons. The number of aryl methyl sites for hydroxylation is 1. The van der Waals surface area contributed by atoms with Gasteiger partial charge in [0.1, 0.15) is 10.0 Å². The second kappa shape index (κ2) is 5.41. The van der Waals surface area contributed by atoms with Crippen LogP contribution in [0.15, 0.2) is 0 Å². The molecule has 0 aliphatic heterocycles. The first-order valence-corrected chi connectivity index (χ1v) is 6.01. The molecule has 0 aliphatic rings. The topological polar surface area (TPSA) is 37.8 Å². The minimum Gasteiger partial charge on any atom is -0.306 e. The summed E-state index contributed by atoms with van der Waals surface area (Å²) in [7, 11) is 0. The second-order valence-electron chi connectivity index (χ2n) is 3.74. The van der Waals surface area contributed by atoms with E-state index in [0.29, 0.717) is 12.1 Å². The number of hydrogen-bond donors (Lipinski definition) is 1. The summed E-state index contributed by atoms with van der Waals surface area (Å²) in [4.78, 5) is 0. The van der Waals surface area contributed by atoms with Crippen LogP contribution in [0.2, 0.25) is 0 Å². The van der Waals surface area contributed by atoms with Gasteiger partial charge in [-0.3, -0.25) is 0 Å². The van der Waals surface area contributed by atoms with Crippen molar-refractivity contribution in [2.45, 2.75) is 52.6 Å². The van der Waals surface area contributed by atoms with E-state index in [9.17, 15) is 0 Å². The fourth-order valence-corrected chi connectivity index (χ4v) is 2.21. The molecule has 2 unspecified atom stereocenters. The molecule has 0 spiro atoms. The van der Waals surface area contributed by atoms with Crippen molar-refractivity contribution in [1.29, 1.82) is 0 Å². The third kappa shape index (κ3) is 3.35. The molecule has 0 saturated heterocycles. The van der Waals surface area contributed by atoms with Crippen molar-refractivity contribution in [3.05, 3.63) is 10.0 Å². The number of nitrogens with one attached hydrogen (secondary N) is 1. The van der Waals surface area contributed by atoms with Crippen LogP contribution in [0, 0.1) is 6.92 Å². The minimum absolute atomic E-state index is 0.322. The molecule has 0 saturated carbocycles. The maximum Gasteiger partial charge on any atom is 0.134 e. The molecule has 0 fully saturated rings. The number of hydrogen-bond acceptors (Lipinski definition) is 4. The molecule has 3 nitrogen and oxygen atoms in total. The molecule has 1 heterocycles. The molecule has 1 N–H and O–H groups in total. The van der Waals surface area contributed by atoms with Gasteiger partial charge in [0, 0.05) is 6.04 Å². The van der Waals surface area contributed by atoms with Gasteiger partial charge in [0.25, 0.3) is 0 Å². The summed E-state index contributed by atoms with van der Waals surface area (Å²) in [6, 6.07) is 0.877. The lowest BCUT2D eigenvalue weighted by atomic mass is 10.2. The van der Waals surface area contributed by atoms with E-state index in [1.54, 1.807) is 11.3 Å². The lowest BCUT2D eigenvalue weighted by Gasteiger charge is -2.17. The van der Waals surface area contributed by atoms with Crippen LogP contribution in [0.1, 0.15) is 49.7 Å². The van der Waals surface area contributed by atoms with Gasteiger partial charge in [-0.2, -0.15) is 0 Å². The van der Waals surface area contributed by atoms with Gasteiger partial charge in [-0.05, 0) is 27.2 Å². The number of rotatable bonds is 5. The van der Waals surface area contributed by atoms with E-state index in [1.807, 2.05) is 6.92 Å². The molecule has 0 radical (unpaired) electrons. The van der Waals surface area contributed by atoms with Crippen LogP contribution in [0.4, 0.5) is 0 Å². The van der Waals surface area contributed by atoms with Crippen LogP contribution in [-0.4, -0.2) is 16.2 Å². The molecule has 14 heavy (non-hydrogen) atoms. The van der Waals surface area contributed by atoms with E-state index < -0.39 is 0 Å². The highest BCUT2D eigenvalue weighted by Gasteiger charge is 2.12. The molecule has 1 aromatic rings. The summed E-state index contributed by atoms with van der Waals surface area (Å²) >= 11 is 1.67. The Labute approximate surface area is 89.9 Å². The zero-order valence-corrected chi connectivity index (χ0v) is 10.2. The van der Waals surface area contributed by atoms with Crippen molar-refractivity contribution in [2.24, 2.45) is 0 Å². The zero-order chi connectivity index (χ0) is 10.6. The van der Waals surface area contributed by atoms with Crippen LogP contribution < -0.4 is 5.32 Å². The average molecular weight is 213 g/mol. The third-order valence-corrected chi connectivity index (χ3v) is 3.19. The Morgan fingerprint density at radius 1 is 1.36 bits per heavy atom. The van der Waals surface area contributed by atoms with E-state index in [2.05, 4.69) is 36.3 Å². The lowest BCUT2D eigenvalue weighted by Crippen LogP contribution is -2.28. The van der Waals surface area contributed by atoms with Crippen molar-refractivity contribution in [1.82, 2.24) is 15.5 Å². The Kier molecular flexibility index (Phi) is 4.48. The fourth-order valence-electron chi connectivity index (χ4n) is 1.50. The Balaban J connectivity index is 2.45. The third-order valence-electron chi connectivity index (χ3n) is 2.17. The maximum absolute atomic E-state index is 4.13. The maximum atomic E-state index is 4.13. The number of nitrogens with zero attached hydrogens (tertiary/aromatic N) is 2. The van der Waals surface area contributed by atoms with E-state index in [4.69, 9.17) is 0 Å². The van der Waals surface area contributed by atoms with Gasteiger partial charge in [-0.25, -0.2) is 0 Å². The first-order valence-electron chi connectivity index (χ1n) is 5.19. The average Bonchev–Trinajstić information content (AvgIpc) is 2.52. The van der Waals surface area contributed by atoms with Crippen LogP contribution >= 0.6 is 11.3 Å². The van der Waals surface area contributed by atoms with E-state index in [-0.39, 0.29) is 0 Å². The molecule has 4 heteroatoms.